The summed E-state index contributed by atoms with van der Waals surface area (Å²) in [4.78, 5) is 2.36. The van der Waals surface area contributed by atoms with Crippen molar-refractivity contribution < 1.29 is 19.5 Å². The molecule has 0 bridgehead atoms. The molecule has 1 aliphatic rings. The van der Waals surface area contributed by atoms with Gasteiger partial charge in [-0.3, -0.25) is 4.90 Å². The quantitative estimate of drug-likeness (QED) is 0.616. The second kappa shape index (κ2) is 7.64. The number of hydrogen-bond acceptors (Lipinski definition) is 7. The minimum Gasteiger partial charge on any atom is -0.507 e. The number of halogens is 1. The van der Waals surface area contributed by atoms with Gasteiger partial charge in [-0.15, -0.1) is 0 Å². The first-order valence-electron chi connectivity index (χ1n) is 8.77. The number of phenols is 2. The summed E-state index contributed by atoms with van der Waals surface area (Å²) in [5.74, 6) is -0.297. The average Bonchev–Trinajstić information content (AvgIpc) is 3.09. The third-order valence-electron chi connectivity index (χ3n) is 4.65. The molecule has 142 valence electrons. The van der Waals surface area contributed by atoms with Crippen LogP contribution in [0.3, 0.4) is 0 Å². The zero-order valence-corrected chi connectivity index (χ0v) is 15.4. The summed E-state index contributed by atoms with van der Waals surface area (Å²) >= 11 is 5.98. The number of rotatable bonds is 5. The minimum absolute atomic E-state index is 0.113. The zero-order valence-electron chi connectivity index (χ0n) is 14.6. The molecule has 1 fully saturated rings. The summed E-state index contributed by atoms with van der Waals surface area (Å²) in [6, 6.07) is 8.37. The fourth-order valence-corrected chi connectivity index (χ4v) is 3.33. The van der Waals surface area contributed by atoms with Crippen molar-refractivity contribution in [2.45, 2.75) is 0 Å². The predicted molar refractivity (Wildman–Crippen MR) is 104 cm³/mol. The average molecular weight is 390 g/mol. The van der Waals surface area contributed by atoms with Gasteiger partial charge in [0, 0.05) is 43.5 Å². The number of nitrogens with zero attached hydrogens (tertiary/aromatic N) is 2. The van der Waals surface area contributed by atoms with Gasteiger partial charge in [0.25, 0.3) is 0 Å². The molecule has 0 spiro atoms. The van der Waals surface area contributed by atoms with Gasteiger partial charge in [-0.2, -0.15) is 0 Å². The molecule has 8 heteroatoms. The van der Waals surface area contributed by atoms with Crippen LogP contribution in [-0.4, -0.2) is 59.7 Å². The molecule has 0 aliphatic carbocycles. The Balaban J connectivity index is 1.55. The fraction of sp³-hybridized carbons (Fsp3) is 0.316. The summed E-state index contributed by atoms with van der Waals surface area (Å²) in [6.07, 6.45) is 0. The standard InChI is InChI=1S/C19H20ClN3O4/c20-15-10-13(16(24)11-17(15)25)19-14-9-12(1-2-18(14)27-22-19)21-3-4-23-5-7-26-8-6-23/h1-2,9-11,21,24-25H,3-8H2. The lowest BCUT2D eigenvalue weighted by Gasteiger charge is -2.26. The molecule has 0 radical (unpaired) electrons. The Morgan fingerprint density at radius 3 is 2.74 bits per heavy atom. The van der Waals surface area contributed by atoms with Gasteiger partial charge in [0.05, 0.1) is 23.6 Å². The van der Waals surface area contributed by atoms with Gasteiger partial charge in [0.2, 0.25) is 0 Å². The van der Waals surface area contributed by atoms with Crippen LogP contribution in [0.1, 0.15) is 0 Å². The van der Waals surface area contributed by atoms with Crippen LogP contribution in [0.5, 0.6) is 11.5 Å². The van der Waals surface area contributed by atoms with E-state index in [4.69, 9.17) is 20.9 Å². The molecule has 1 aliphatic heterocycles. The summed E-state index contributed by atoms with van der Waals surface area (Å²) in [7, 11) is 0. The highest BCUT2D eigenvalue weighted by Gasteiger charge is 2.17. The number of anilines is 1. The number of ether oxygens (including phenoxy) is 1. The Bertz CT molecular complexity index is 954. The van der Waals surface area contributed by atoms with E-state index >= 15 is 0 Å². The van der Waals surface area contributed by atoms with E-state index in [2.05, 4.69) is 15.4 Å². The highest BCUT2D eigenvalue weighted by molar-refractivity contribution is 6.32. The topological polar surface area (TPSA) is 91.0 Å². The lowest BCUT2D eigenvalue weighted by Crippen LogP contribution is -2.38. The van der Waals surface area contributed by atoms with E-state index < -0.39 is 0 Å². The van der Waals surface area contributed by atoms with Gasteiger partial charge in [-0.1, -0.05) is 16.8 Å². The Kier molecular flexibility index (Phi) is 5.07. The molecule has 0 atom stereocenters. The summed E-state index contributed by atoms with van der Waals surface area (Å²) in [6.45, 7) is 5.23. The number of fused-ring (bicyclic) bond motifs is 1. The van der Waals surface area contributed by atoms with Gasteiger partial charge in [-0.25, -0.2) is 0 Å². The van der Waals surface area contributed by atoms with Crippen LogP contribution in [0.25, 0.3) is 22.2 Å². The molecule has 0 unspecified atom stereocenters. The fourth-order valence-electron chi connectivity index (χ4n) is 3.17. The van der Waals surface area contributed by atoms with Crippen molar-refractivity contribution in [3.63, 3.8) is 0 Å². The minimum atomic E-state index is -0.184. The van der Waals surface area contributed by atoms with E-state index in [0.29, 0.717) is 16.8 Å². The molecule has 4 rings (SSSR count). The Labute approximate surface area is 161 Å². The maximum absolute atomic E-state index is 10.2. The van der Waals surface area contributed by atoms with Crippen LogP contribution in [0.15, 0.2) is 34.9 Å². The number of aromatic nitrogens is 1. The van der Waals surface area contributed by atoms with E-state index in [9.17, 15) is 10.2 Å². The first kappa shape index (κ1) is 17.9. The maximum Gasteiger partial charge on any atom is 0.167 e. The molecule has 3 aromatic rings. The SMILES string of the molecule is Oc1cc(O)c(-c2noc3ccc(NCCN4CCOCC4)cc23)cc1Cl. The number of hydrogen-bond donors (Lipinski definition) is 3. The number of benzene rings is 2. The first-order chi connectivity index (χ1) is 13.1. The molecule has 2 heterocycles. The first-order valence-corrected chi connectivity index (χ1v) is 9.15. The lowest BCUT2D eigenvalue weighted by molar-refractivity contribution is 0.0398. The normalized spacial score (nSPS) is 15.3. The lowest BCUT2D eigenvalue weighted by atomic mass is 10.1. The summed E-state index contributed by atoms with van der Waals surface area (Å²) in [5.41, 5.74) is 2.42. The van der Waals surface area contributed by atoms with Crippen LogP contribution in [0.2, 0.25) is 5.02 Å². The van der Waals surface area contributed by atoms with Crippen molar-refractivity contribution in [1.29, 1.82) is 0 Å². The molecule has 27 heavy (non-hydrogen) atoms. The van der Waals surface area contributed by atoms with Crippen LogP contribution < -0.4 is 5.32 Å². The predicted octanol–water partition coefficient (Wildman–Crippen LogP) is 3.30. The molecule has 0 amide bonds. The zero-order chi connectivity index (χ0) is 18.8. The largest absolute Gasteiger partial charge is 0.507 e. The van der Waals surface area contributed by atoms with Crippen molar-refractivity contribution in [2.24, 2.45) is 0 Å². The second-order valence-electron chi connectivity index (χ2n) is 6.44. The van der Waals surface area contributed by atoms with Crippen LogP contribution in [0.4, 0.5) is 5.69 Å². The van der Waals surface area contributed by atoms with Gasteiger partial charge < -0.3 is 24.8 Å². The summed E-state index contributed by atoms with van der Waals surface area (Å²) in [5, 5.41) is 28.2. The van der Waals surface area contributed by atoms with E-state index in [0.717, 1.165) is 50.5 Å². The van der Waals surface area contributed by atoms with Gasteiger partial charge in [-0.05, 0) is 24.3 Å². The molecule has 2 aromatic carbocycles. The number of phenolic OH excluding ortho intramolecular Hbond substituents is 2. The second-order valence-corrected chi connectivity index (χ2v) is 6.85. The number of morpholine rings is 1. The van der Waals surface area contributed by atoms with Crippen LogP contribution in [-0.2, 0) is 4.74 Å². The Hall–Kier alpha value is -2.48. The number of aromatic hydroxyl groups is 2. The monoisotopic (exact) mass is 389 g/mol. The van der Waals surface area contributed by atoms with Crippen molar-refractivity contribution in [3.05, 3.63) is 35.4 Å². The smallest absolute Gasteiger partial charge is 0.167 e. The summed E-state index contributed by atoms with van der Waals surface area (Å²) < 4.78 is 10.7. The highest BCUT2D eigenvalue weighted by atomic mass is 35.5. The molecule has 1 saturated heterocycles. The number of nitrogens with one attached hydrogen (secondary N) is 1. The van der Waals surface area contributed by atoms with E-state index in [1.165, 1.54) is 12.1 Å². The van der Waals surface area contributed by atoms with Gasteiger partial charge in [0.15, 0.2) is 5.58 Å². The maximum atomic E-state index is 10.2. The van der Waals surface area contributed by atoms with E-state index in [1.54, 1.807) is 0 Å². The molecular weight excluding hydrogens is 370 g/mol. The molecule has 1 aromatic heterocycles. The van der Waals surface area contributed by atoms with Gasteiger partial charge >= 0.3 is 0 Å². The van der Waals surface area contributed by atoms with Crippen molar-refractivity contribution in [2.75, 3.05) is 44.7 Å². The van der Waals surface area contributed by atoms with Crippen molar-refractivity contribution in [1.82, 2.24) is 10.1 Å². The van der Waals surface area contributed by atoms with Crippen LogP contribution >= 0.6 is 11.6 Å². The van der Waals surface area contributed by atoms with E-state index in [-0.39, 0.29) is 16.5 Å². The van der Waals surface area contributed by atoms with E-state index in [1.807, 2.05) is 18.2 Å². The Morgan fingerprint density at radius 1 is 1.11 bits per heavy atom. The molecule has 3 N–H and O–H groups in total. The van der Waals surface area contributed by atoms with Gasteiger partial charge in [0.1, 0.15) is 17.2 Å². The molecule has 7 nitrogen and oxygen atoms in total. The van der Waals surface area contributed by atoms with Crippen molar-refractivity contribution >= 4 is 28.3 Å². The Morgan fingerprint density at radius 2 is 1.93 bits per heavy atom. The molecular formula is C19H20ClN3O4. The third-order valence-corrected chi connectivity index (χ3v) is 4.95. The van der Waals surface area contributed by atoms with Crippen LogP contribution in [0, 0.1) is 0 Å². The molecule has 0 saturated carbocycles. The third kappa shape index (κ3) is 3.80. The highest BCUT2D eigenvalue weighted by Crippen LogP contribution is 2.39. The van der Waals surface area contributed by atoms with Crippen molar-refractivity contribution in [3.8, 4) is 22.8 Å².